The van der Waals surface area contributed by atoms with Gasteiger partial charge >= 0.3 is 0 Å². The Morgan fingerprint density at radius 1 is 1.31 bits per heavy atom. The van der Waals surface area contributed by atoms with E-state index >= 15 is 0 Å². The highest BCUT2D eigenvalue weighted by atomic mass is 35.5. The number of hydrogen-bond donors (Lipinski definition) is 2. The van der Waals surface area contributed by atoms with E-state index in [0.717, 1.165) is 17.9 Å². The van der Waals surface area contributed by atoms with E-state index in [4.69, 9.17) is 16.3 Å². The van der Waals surface area contributed by atoms with Crippen molar-refractivity contribution in [2.24, 2.45) is 5.92 Å². The summed E-state index contributed by atoms with van der Waals surface area (Å²) in [5.41, 5.74) is 0.480. The summed E-state index contributed by atoms with van der Waals surface area (Å²) < 4.78 is 5.13. The molecule has 2 amide bonds. The average molecular weight is 417 g/mol. The molecule has 1 aliphatic heterocycles. The lowest BCUT2D eigenvalue weighted by Gasteiger charge is -2.22. The highest BCUT2D eigenvalue weighted by Gasteiger charge is 2.25. The van der Waals surface area contributed by atoms with E-state index in [1.54, 1.807) is 41.7 Å². The first-order valence-corrected chi connectivity index (χ1v) is 11.0. The highest BCUT2D eigenvalue weighted by molar-refractivity contribution is 8.21. The van der Waals surface area contributed by atoms with Crippen molar-refractivity contribution >= 4 is 46.9 Å². The minimum Gasteiger partial charge on any atom is -0.495 e. The lowest BCUT2D eigenvalue weighted by molar-refractivity contribution is -0.119. The highest BCUT2D eigenvalue weighted by Crippen LogP contribution is 2.31. The second-order valence-electron chi connectivity index (χ2n) is 6.47. The molecule has 0 spiro atoms. The number of rotatable bonds is 8. The van der Waals surface area contributed by atoms with Gasteiger partial charge in [0, 0.05) is 29.7 Å². The SMILES string of the molecule is COc1cc(C(=O)NC(CNC(=O)C2SCCS2)CC(C)C)ccc1Cl. The zero-order valence-electron chi connectivity index (χ0n) is 15.2. The number of ether oxygens (including phenoxy) is 1. The van der Waals surface area contributed by atoms with E-state index in [-0.39, 0.29) is 22.4 Å². The summed E-state index contributed by atoms with van der Waals surface area (Å²) in [5, 5.41) is 6.45. The molecule has 1 heterocycles. The van der Waals surface area contributed by atoms with Crippen molar-refractivity contribution in [2.45, 2.75) is 30.9 Å². The molecule has 0 aromatic heterocycles. The Balaban J connectivity index is 1.97. The molecule has 2 rings (SSSR count). The molecule has 8 heteroatoms. The number of thioether (sulfide) groups is 2. The summed E-state index contributed by atoms with van der Waals surface area (Å²) in [6.07, 6.45) is 0.779. The molecule has 2 N–H and O–H groups in total. The first-order chi connectivity index (χ1) is 12.4. The van der Waals surface area contributed by atoms with Crippen LogP contribution in [0.25, 0.3) is 0 Å². The molecule has 144 valence electrons. The number of amides is 2. The predicted octanol–water partition coefficient (Wildman–Crippen LogP) is 3.42. The molecular weight excluding hydrogens is 392 g/mol. The number of methoxy groups -OCH3 is 1. The van der Waals surface area contributed by atoms with Crippen LogP contribution >= 0.6 is 35.1 Å². The van der Waals surface area contributed by atoms with Crippen LogP contribution in [0.3, 0.4) is 0 Å². The van der Waals surface area contributed by atoms with Crippen LogP contribution in [0.1, 0.15) is 30.6 Å². The summed E-state index contributed by atoms with van der Waals surface area (Å²) in [4.78, 5) is 24.8. The van der Waals surface area contributed by atoms with Gasteiger partial charge in [-0.1, -0.05) is 25.4 Å². The van der Waals surface area contributed by atoms with E-state index in [1.807, 2.05) is 0 Å². The van der Waals surface area contributed by atoms with Gasteiger partial charge in [0.25, 0.3) is 5.91 Å². The molecule has 1 fully saturated rings. The predicted molar refractivity (Wildman–Crippen MR) is 110 cm³/mol. The summed E-state index contributed by atoms with van der Waals surface area (Å²) in [6, 6.07) is 4.79. The number of hydrogen-bond acceptors (Lipinski definition) is 5. The fourth-order valence-electron chi connectivity index (χ4n) is 2.65. The smallest absolute Gasteiger partial charge is 0.251 e. The maximum absolute atomic E-state index is 12.6. The first-order valence-electron chi connectivity index (χ1n) is 8.56. The Hall–Kier alpha value is -1.05. The third kappa shape index (κ3) is 6.28. The molecule has 1 aliphatic rings. The van der Waals surface area contributed by atoms with Gasteiger partial charge in [-0.05, 0) is 30.5 Å². The number of nitrogens with one attached hydrogen (secondary N) is 2. The van der Waals surface area contributed by atoms with Gasteiger partial charge in [-0.25, -0.2) is 0 Å². The molecule has 0 bridgehead atoms. The maximum Gasteiger partial charge on any atom is 0.251 e. The van der Waals surface area contributed by atoms with Crippen molar-refractivity contribution in [1.82, 2.24) is 10.6 Å². The second-order valence-corrected chi connectivity index (χ2v) is 9.60. The van der Waals surface area contributed by atoms with Gasteiger partial charge in [0.2, 0.25) is 5.91 Å². The molecule has 1 saturated heterocycles. The third-order valence-corrected chi connectivity index (χ3v) is 7.16. The van der Waals surface area contributed by atoms with Crippen molar-refractivity contribution in [3.63, 3.8) is 0 Å². The first kappa shape index (κ1) is 21.3. The van der Waals surface area contributed by atoms with E-state index in [2.05, 4.69) is 24.5 Å². The molecule has 0 radical (unpaired) electrons. The summed E-state index contributed by atoms with van der Waals surface area (Å²) >= 11 is 9.35. The lowest BCUT2D eigenvalue weighted by Crippen LogP contribution is -2.45. The molecule has 0 saturated carbocycles. The van der Waals surface area contributed by atoms with Gasteiger partial charge in [0.15, 0.2) is 0 Å². The van der Waals surface area contributed by atoms with Crippen molar-refractivity contribution in [3.05, 3.63) is 28.8 Å². The lowest BCUT2D eigenvalue weighted by atomic mass is 10.0. The van der Waals surface area contributed by atoms with Gasteiger partial charge in [0.1, 0.15) is 10.3 Å². The zero-order valence-corrected chi connectivity index (χ0v) is 17.6. The molecule has 1 aromatic carbocycles. The Labute approximate surface area is 168 Å². The third-order valence-electron chi connectivity index (χ3n) is 3.86. The van der Waals surface area contributed by atoms with Gasteiger partial charge in [0.05, 0.1) is 12.1 Å². The summed E-state index contributed by atoms with van der Waals surface area (Å²) in [5.74, 6) is 2.70. The standard InChI is InChI=1S/C18H25ClN2O3S2/c1-11(2)8-13(10-20-17(23)18-25-6-7-26-18)21-16(22)12-4-5-14(19)15(9-12)24-3/h4-5,9,11,13,18H,6-8,10H2,1-3H3,(H,20,23)(H,21,22). The van der Waals surface area contributed by atoms with Crippen molar-refractivity contribution in [2.75, 3.05) is 25.2 Å². The number of carbonyl (C=O) groups is 2. The van der Waals surface area contributed by atoms with Crippen LogP contribution in [0.15, 0.2) is 18.2 Å². The maximum atomic E-state index is 12.6. The Kier molecular flexibility index (Phi) is 8.44. The van der Waals surface area contributed by atoms with Gasteiger partial charge in [-0.3, -0.25) is 9.59 Å². The number of halogens is 1. The normalized spacial score (nSPS) is 15.7. The van der Waals surface area contributed by atoms with E-state index in [9.17, 15) is 9.59 Å². The van der Waals surface area contributed by atoms with E-state index in [0.29, 0.717) is 28.8 Å². The van der Waals surface area contributed by atoms with Gasteiger partial charge in [-0.2, -0.15) is 0 Å². The van der Waals surface area contributed by atoms with E-state index < -0.39 is 0 Å². The Morgan fingerprint density at radius 2 is 2.00 bits per heavy atom. The molecule has 1 atom stereocenters. The second kappa shape index (κ2) is 10.3. The molecule has 26 heavy (non-hydrogen) atoms. The van der Waals surface area contributed by atoms with Crippen LogP contribution in [-0.2, 0) is 4.79 Å². The van der Waals surface area contributed by atoms with Crippen LogP contribution in [0.2, 0.25) is 5.02 Å². The minimum atomic E-state index is -0.204. The van der Waals surface area contributed by atoms with Gasteiger partial charge < -0.3 is 15.4 Å². The average Bonchev–Trinajstić information content (AvgIpc) is 3.14. The monoisotopic (exact) mass is 416 g/mol. The van der Waals surface area contributed by atoms with Crippen molar-refractivity contribution < 1.29 is 14.3 Å². The molecule has 5 nitrogen and oxygen atoms in total. The van der Waals surface area contributed by atoms with Gasteiger partial charge in [-0.15, -0.1) is 23.5 Å². The van der Waals surface area contributed by atoms with E-state index in [1.165, 1.54) is 7.11 Å². The molecule has 0 aliphatic carbocycles. The summed E-state index contributed by atoms with van der Waals surface area (Å²) in [7, 11) is 1.51. The van der Waals surface area contributed by atoms with Crippen LogP contribution in [0.5, 0.6) is 5.75 Å². The van der Waals surface area contributed by atoms with Crippen molar-refractivity contribution in [1.29, 1.82) is 0 Å². The van der Waals surface area contributed by atoms with Crippen LogP contribution in [0, 0.1) is 5.92 Å². The number of carbonyl (C=O) groups excluding carboxylic acids is 2. The fraction of sp³-hybridized carbons (Fsp3) is 0.556. The van der Waals surface area contributed by atoms with Crippen LogP contribution in [-0.4, -0.2) is 47.6 Å². The Bertz CT molecular complexity index is 637. The summed E-state index contributed by atoms with van der Waals surface area (Å²) in [6.45, 7) is 4.61. The topological polar surface area (TPSA) is 67.4 Å². The van der Waals surface area contributed by atoms with Crippen LogP contribution in [0.4, 0.5) is 0 Å². The number of benzene rings is 1. The largest absolute Gasteiger partial charge is 0.495 e. The van der Waals surface area contributed by atoms with Crippen LogP contribution < -0.4 is 15.4 Å². The zero-order chi connectivity index (χ0) is 19.1. The molecular formula is C18H25ClN2O3S2. The fourth-order valence-corrected chi connectivity index (χ4v) is 5.47. The minimum absolute atomic E-state index is 0.0358. The Morgan fingerprint density at radius 3 is 2.62 bits per heavy atom. The molecule has 1 unspecified atom stereocenters. The molecule has 1 aromatic rings. The quantitative estimate of drug-likeness (QED) is 0.679. The van der Waals surface area contributed by atoms with Crippen molar-refractivity contribution in [3.8, 4) is 5.75 Å².